The van der Waals surface area contributed by atoms with E-state index in [1.807, 2.05) is 0 Å². The van der Waals surface area contributed by atoms with Crippen molar-refractivity contribution in [3.63, 3.8) is 0 Å². The van der Waals surface area contributed by atoms with Crippen LogP contribution in [0.25, 0.3) is 0 Å². The van der Waals surface area contributed by atoms with Crippen LogP contribution in [0.15, 0.2) is 0 Å². The molecule has 0 radical (unpaired) electrons. The van der Waals surface area contributed by atoms with E-state index in [4.69, 9.17) is 20.1 Å². The zero-order valence-corrected chi connectivity index (χ0v) is 8.24. The highest BCUT2D eigenvalue weighted by molar-refractivity contribution is 6.00. The molecule has 90 valence electrons. The molecule has 0 saturated carbocycles. The molecular weight excluding hydrogens is 224 g/mol. The molecule has 1 heterocycles. The molecule has 1 aliphatic heterocycles. The Morgan fingerprint density at radius 3 is 1.88 bits per heavy atom. The van der Waals surface area contributed by atoms with Gasteiger partial charge in [-0.3, -0.25) is 0 Å². The minimum atomic E-state index is -2.93. The van der Waals surface area contributed by atoms with Crippen LogP contribution in [-0.4, -0.2) is 51.2 Å². The van der Waals surface area contributed by atoms with Gasteiger partial charge in [-0.25, -0.2) is 14.4 Å². The Balaban J connectivity index is 3.06. The average molecular weight is 234 g/mol. The summed E-state index contributed by atoms with van der Waals surface area (Å²) in [6, 6.07) is 0. The van der Waals surface area contributed by atoms with Gasteiger partial charge in [0.05, 0.1) is 6.10 Å². The third-order valence-electron chi connectivity index (χ3n) is 2.16. The lowest BCUT2D eigenvalue weighted by atomic mass is 10.1. The lowest BCUT2D eigenvalue weighted by Gasteiger charge is -2.17. The van der Waals surface area contributed by atoms with Crippen LogP contribution >= 0.6 is 0 Å². The minimum absolute atomic E-state index is 0.124. The first kappa shape index (κ1) is 12.4. The molecule has 1 rings (SSSR count). The van der Waals surface area contributed by atoms with Crippen molar-refractivity contribution in [1.82, 2.24) is 0 Å². The molecule has 8 heteroatoms. The van der Waals surface area contributed by atoms with Crippen LogP contribution in [0.3, 0.4) is 0 Å². The quantitative estimate of drug-likeness (QED) is 0.535. The molecule has 2 atom stereocenters. The van der Waals surface area contributed by atoms with Gasteiger partial charge in [-0.15, -0.1) is 0 Å². The van der Waals surface area contributed by atoms with Gasteiger partial charge in [0.1, 0.15) is 0 Å². The lowest BCUT2D eigenvalue weighted by molar-refractivity contribution is -0.220. The minimum Gasteiger partial charge on any atom is -0.479 e. The van der Waals surface area contributed by atoms with Crippen molar-refractivity contribution in [3.05, 3.63) is 0 Å². The van der Waals surface area contributed by atoms with Gasteiger partial charge in [-0.05, 0) is 6.42 Å². The van der Waals surface area contributed by atoms with Crippen LogP contribution in [-0.2, 0) is 23.9 Å². The fourth-order valence-corrected chi connectivity index (χ4v) is 1.36. The summed E-state index contributed by atoms with van der Waals surface area (Å²) in [4.78, 5) is 32.3. The number of rotatable bonds is 4. The zero-order valence-electron chi connectivity index (χ0n) is 8.24. The highest BCUT2D eigenvalue weighted by Gasteiger charge is 2.61. The second kappa shape index (κ2) is 4.06. The Morgan fingerprint density at radius 2 is 1.62 bits per heavy atom. The molecule has 0 bridgehead atoms. The van der Waals surface area contributed by atoms with Crippen LogP contribution in [0.2, 0.25) is 0 Å². The number of hydrogen-bond donors (Lipinski definition) is 3. The predicted molar refractivity (Wildman–Crippen MR) is 45.7 cm³/mol. The maximum atomic E-state index is 10.8. The van der Waals surface area contributed by atoms with Gasteiger partial charge >= 0.3 is 23.7 Å². The number of aliphatic carboxylic acids is 3. The maximum absolute atomic E-state index is 10.8. The van der Waals surface area contributed by atoms with Gasteiger partial charge in [0.2, 0.25) is 0 Å². The van der Waals surface area contributed by atoms with E-state index in [1.165, 1.54) is 6.92 Å². The topological polar surface area (TPSA) is 130 Å². The van der Waals surface area contributed by atoms with E-state index in [1.54, 1.807) is 0 Å². The Morgan fingerprint density at radius 1 is 1.12 bits per heavy atom. The third-order valence-corrected chi connectivity index (χ3v) is 2.16. The molecule has 0 aromatic carbocycles. The molecular formula is C8H10O8. The number of carbonyl (C=O) groups is 3. The Kier molecular flexibility index (Phi) is 3.15. The van der Waals surface area contributed by atoms with Gasteiger partial charge in [-0.1, -0.05) is 6.92 Å². The standard InChI is InChI=1S/C8H10O8/c1-2-3-4(5(9)10)16-8(15-3,6(11)12)7(13)14/h3-4H,2H2,1H3,(H,9,10)(H,11,12)(H,13,14). The molecule has 1 aliphatic rings. The SMILES string of the molecule is CCC1OC(C(=O)O)(C(=O)O)OC1C(=O)O. The van der Waals surface area contributed by atoms with Crippen LogP contribution in [0.1, 0.15) is 13.3 Å². The summed E-state index contributed by atoms with van der Waals surface area (Å²) in [6.45, 7) is 1.53. The van der Waals surface area contributed by atoms with E-state index < -0.39 is 35.9 Å². The highest BCUT2D eigenvalue weighted by Crippen LogP contribution is 2.31. The molecule has 3 N–H and O–H groups in total. The summed E-state index contributed by atoms with van der Waals surface area (Å²) < 4.78 is 9.21. The molecule has 1 fully saturated rings. The highest BCUT2D eigenvalue weighted by atomic mass is 16.8. The normalized spacial score (nSPS) is 27.6. The molecule has 8 nitrogen and oxygen atoms in total. The van der Waals surface area contributed by atoms with E-state index in [9.17, 15) is 14.4 Å². The van der Waals surface area contributed by atoms with Crippen LogP contribution in [0, 0.1) is 0 Å². The van der Waals surface area contributed by atoms with Crippen LogP contribution in [0.5, 0.6) is 0 Å². The van der Waals surface area contributed by atoms with Gasteiger partial charge in [-0.2, -0.15) is 0 Å². The predicted octanol–water partition coefficient (Wildman–Crippen LogP) is -0.869. The third kappa shape index (κ3) is 1.72. The second-order valence-corrected chi connectivity index (χ2v) is 3.17. The number of hydrogen-bond acceptors (Lipinski definition) is 5. The first-order valence-corrected chi connectivity index (χ1v) is 4.40. The smallest absolute Gasteiger partial charge is 0.377 e. The van der Waals surface area contributed by atoms with Gasteiger partial charge in [0.15, 0.2) is 6.10 Å². The molecule has 0 amide bonds. The second-order valence-electron chi connectivity index (χ2n) is 3.17. The van der Waals surface area contributed by atoms with Crippen molar-refractivity contribution < 1.29 is 39.2 Å². The van der Waals surface area contributed by atoms with E-state index in [0.29, 0.717) is 0 Å². The fourth-order valence-electron chi connectivity index (χ4n) is 1.36. The van der Waals surface area contributed by atoms with Crippen LogP contribution < -0.4 is 0 Å². The Bertz CT molecular complexity index is 321. The summed E-state index contributed by atoms with van der Waals surface area (Å²) in [7, 11) is 0. The van der Waals surface area contributed by atoms with Crippen molar-refractivity contribution >= 4 is 17.9 Å². The van der Waals surface area contributed by atoms with Crippen molar-refractivity contribution in [2.45, 2.75) is 31.3 Å². The zero-order chi connectivity index (χ0) is 12.5. The van der Waals surface area contributed by atoms with Gasteiger partial charge < -0.3 is 24.8 Å². The molecule has 16 heavy (non-hydrogen) atoms. The summed E-state index contributed by atoms with van der Waals surface area (Å²) in [5.74, 6) is -8.16. The van der Waals surface area contributed by atoms with E-state index in [-0.39, 0.29) is 6.42 Å². The number of carboxylic acids is 3. The van der Waals surface area contributed by atoms with E-state index in [0.717, 1.165) is 0 Å². The molecule has 0 aromatic heterocycles. The molecule has 0 aliphatic carbocycles. The van der Waals surface area contributed by atoms with Crippen molar-refractivity contribution in [3.8, 4) is 0 Å². The summed E-state index contributed by atoms with van der Waals surface area (Å²) in [6.07, 6.45) is -2.58. The first-order valence-electron chi connectivity index (χ1n) is 4.40. The molecule has 2 unspecified atom stereocenters. The first-order chi connectivity index (χ1) is 7.35. The lowest BCUT2D eigenvalue weighted by Crippen LogP contribution is -2.48. The monoisotopic (exact) mass is 234 g/mol. The van der Waals surface area contributed by atoms with Crippen molar-refractivity contribution in [2.75, 3.05) is 0 Å². The van der Waals surface area contributed by atoms with Crippen molar-refractivity contribution in [2.24, 2.45) is 0 Å². The van der Waals surface area contributed by atoms with E-state index >= 15 is 0 Å². The van der Waals surface area contributed by atoms with Crippen LogP contribution in [0.4, 0.5) is 0 Å². The fraction of sp³-hybridized carbons (Fsp3) is 0.625. The molecule has 1 saturated heterocycles. The largest absolute Gasteiger partial charge is 0.479 e. The number of carboxylic acid groups (broad SMARTS) is 3. The molecule has 0 aromatic rings. The summed E-state index contributed by atoms with van der Waals surface area (Å²) in [5.41, 5.74) is 0. The van der Waals surface area contributed by atoms with Gasteiger partial charge in [0, 0.05) is 0 Å². The summed E-state index contributed by atoms with van der Waals surface area (Å²) >= 11 is 0. The summed E-state index contributed by atoms with van der Waals surface area (Å²) in [5, 5.41) is 26.2. The van der Waals surface area contributed by atoms with Gasteiger partial charge in [0.25, 0.3) is 0 Å². The maximum Gasteiger partial charge on any atom is 0.377 e. The van der Waals surface area contributed by atoms with E-state index in [2.05, 4.69) is 4.74 Å². The van der Waals surface area contributed by atoms with Crippen molar-refractivity contribution in [1.29, 1.82) is 0 Å². The Hall–Kier alpha value is -1.67. The number of ether oxygens (including phenoxy) is 2. The Labute approximate surface area is 89.4 Å². The molecule has 0 spiro atoms. The average Bonchev–Trinajstić information content (AvgIpc) is 2.58.